The van der Waals surface area contributed by atoms with Crippen LogP contribution in [0, 0.1) is 18.3 Å². The Morgan fingerprint density at radius 1 is 1.11 bits per heavy atom. The molecule has 0 heterocycles. The topological polar surface area (TPSA) is 70.4 Å². The Hall–Kier alpha value is -2.55. The molecule has 2 rings (SSSR count). The van der Waals surface area contributed by atoms with Crippen LogP contribution in [0.15, 0.2) is 42.5 Å². The summed E-state index contributed by atoms with van der Waals surface area (Å²) < 4.78 is 5.09. The van der Waals surface area contributed by atoms with E-state index in [2.05, 4.69) is 0 Å². The van der Waals surface area contributed by atoms with E-state index in [1.807, 2.05) is 25.1 Å². The van der Waals surface area contributed by atoms with E-state index in [0.717, 1.165) is 5.56 Å². The minimum Gasteiger partial charge on any atom is -0.455 e. The molecule has 0 aliphatic rings. The summed E-state index contributed by atoms with van der Waals surface area (Å²) in [6.45, 7) is 1.72. The van der Waals surface area contributed by atoms with Crippen LogP contribution in [0.2, 0.25) is 10.0 Å². The van der Waals surface area contributed by atoms with Gasteiger partial charge in [0.2, 0.25) is 0 Å². The molecule has 1 amide bonds. The number of carbonyl (C=O) groups excluding carboxylic acids is 2. The van der Waals surface area contributed by atoms with Crippen molar-refractivity contribution in [1.29, 1.82) is 5.26 Å². The highest BCUT2D eigenvalue weighted by molar-refractivity contribution is 6.36. The summed E-state index contributed by atoms with van der Waals surface area (Å²) >= 11 is 12.1. The quantitative estimate of drug-likeness (QED) is 0.643. The van der Waals surface area contributed by atoms with Gasteiger partial charge < -0.3 is 9.64 Å². The van der Waals surface area contributed by atoms with Gasteiger partial charge in [-0.15, -0.1) is 0 Å². The summed E-state index contributed by atoms with van der Waals surface area (Å²) in [4.78, 5) is 26.0. The van der Waals surface area contributed by atoms with Crippen LogP contribution < -0.4 is 4.90 Å². The first-order chi connectivity index (χ1) is 12.9. The van der Waals surface area contributed by atoms with Crippen molar-refractivity contribution in [3.05, 3.63) is 63.6 Å². The summed E-state index contributed by atoms with van der Waals surface area (Å²) in [5.41, 5.74) is 2.15. The lowest BCUT2D eigenvalue weighted by Crippen LogP contribution is -2.35. The number of carbonyl (C=O) groups is 2. The third-order valence-corrected chi connectivity index (χ3v) is 4.54. The number of aryl methyl sites for hydroxylation is 1. The van der Waals surface area contributed by atoms with Crippen molar-refractivity contribution in [3.8, 4) is 6.07 Å². The van der Waals surface area contributed by atoms with Crippen molar-refractivity contribution in [2.45, 2.75) is 19.8 Å². The van der Waals surface area contributed by atoms with Gasteiger partial charge in [0.05, 0.1) is 18.9 Å². The number of rotatable bonds is 7. The number of amides is 1. The molecule has 0 saturated heterocycles. The number of benzene rings is 2. The van der Waals surface area contributed by atoms with Crippen LogP contribution in [0.5, 0.6) is 0 Å². The second kappa shape index (κ2) is 9.96. The third kappa shape index (κ3) is 5.99. The number of hydrogen-bond acceptors (Lipinski definition) is 4. The van der Waals surface area contributed by atoms with E-state index in [-0.39, 0.29) is 19.4 Å². The largest absolute Gasteiger partial charge is 0.455 e. The van der Waals surface area contributed by atoms with E-state index < -0.39 is 18.5 Å². The molecule has 0 saturated carbocycles. The van der Waals surface area contributed by atoms with Gasteiger partial charge in [0.1, 0.15) is 0 Å². The monoisotopic (exact) mass is 404 g/mol. The Morgan fingerprint density at radius 2 is 1.74 bits per heavy atom. The van der Waals surface area contributed by atoms with Crippen LogP contribution in [0.4, 0.5) is 5.69 Å². The highest BCUT2D eigenvalue weighted by Crippen LogP contribution is 2.25. The van der Waals surface area contributed by atoms with E-state index in [4.69, 9.17) is 33.2 Å². The van der Waals surface area contributed by atoms with Crippen LogP contribution >= 0.6 is 23.2 Å². The van der Waals surface area contributed by atoms with Gasteiger partial charge in [-0.25, -0.2) is 0 Å². The molecule has 0 N–H and O–H groups in total. The normalized spacial score (nSPS) is 10.1. The second-order valence-electron chi connectivity index (χ2n) is 5.83. The smallest absolute Gasteiger partial charge is 0.310 e. The molecule has 0 atom stereocenters. The Bertz CT molecular complexity index is 840. The fraction of sp³-hybridized carbons (Fsp3) is 0.250. The van der Waals surface area contributed by atoms with Crippen molar-refractivity contribution >= 4 is 40.8 Å². The van der Waals surface area contributed by atoms with Crippen molar-refractivity contribution in [3.63, 3.8) is 0 Å². The first kappa shape index (κ1) is 20.8. The van der Waals surface area contributed by atoms with E-state index in [1.165, 1.54) is 4.90 Å². The van der Waals surface area contributed by atoms with Crippen LogP contribution in [0.1, 0.15) is 17.5 Å². The Balaban J connectivity index is 2.01. The molecule has 2 aromatic rings. The maximum atomic E-state index is 12.5. The fourth-order valence-corrected chi connectivity index (χ4v) is 2.93. The van der Waals surface area contributed by atoms with Gasteiger partial charge in [-0.1, -0.05) is 47.0 Å². The highest BCUT2D eigenvalue weighted by Gasteiger charge is 2.18. The molecule has 0 fully saturated rings. The zero-order valence-electron chi connectivity index (χ0n) is 14.7. The zero-order valence-corrected chi connectivity index (χ0v) is 16.3. The molecule has 0 bridgehead atoms. The predicted octanol–water partition coefficient (Wildman–Crippen LogP) is 4.33. The van der Waals surface area contributed by atoms with Gasteiger partial charge in [0.15, 0.2) is 6.61 Å². The molecule has 0 spiro atoms. The molecule has 0 unspecified atom stereocenters. The number of nitrogens with zero attached hydrogens (tertiary/aromatic N) is 2. The van der Waals surface area contributed by atoms with Gasteiger partial charge in [0.25, 0.3) is 5.91 Å². The number of nitriles is 1. The molecule has 0 aromatic heterocycles. The lowest BCUT2D eigenvalue weighted by molar-refractivity contribution is -0.147. The first-order valence-electron chi connectivity index (χ1n) is 8.25. The van der Waals surface area contributed by atoms with Crippen LogP contribution in [-0.2, 0) is 20.7 Å². The van der Waals surface area contributed by atoms with E-state index >= 15 is 0 Å². The van der Waals surface area contributed by atoms with Crippen LogP contribution in [-0.4, -0.2) is 25.0 Å². The first-order valence-corrected chi connectivity index (χ1v) is 9.00. The number of ether oxygens (including phenoxy) is 1. The SMILES string of the molecule is Cc1ccc(N(CCC#N)C(=O)COC(=O)Cc2c(Cl)cccc2Cl)cc1. The zero-order chi connectivity index (χ0) is 19.8. The van der Waals surface area contributed by atoms with Crippen molar-refractivity contribution in [1.82, 2.24) is 0 Å². The standard InChI is InChI=1S/C20H18Cl2N2O3/c1-14-6-8-15(9-7-14)24(11-3-10-23)19(25)13-27-20(26)12-16-17(21)4-2-5-18(16)22/h2,4-9H,3,11-13H2,1H3. The number of halogens is 2. The highest BCUT2D eigenvalue weighted by atomic mass is 35.5. The fourth-order valence-electron chi connectivity index (χ4n) is 2.40. The second-order valence-corrected chi connectivity index (χ2v) is 6.64. The summed E-state index contributed by atoms with van der Waals surface area (Å²) in [6, 6.07) is 14.3. The lowest BCUT2D eigenvalue weighted by atomic mass is 10.1. The van der Waals surface area contributed by atoms with Gasteiger partial charge in [-0.05, 0) is 31.2 Å². The molecule has 2 aromatic carbocycles. The molecule has 5 nitrogen and oxygen atoms in total. The Labute approximate surface area is 168 Å². The number of esters is 1. The minimum absolute atomic E-state index is 0.130. The number of hydrogen-bond donors (Lipinski definition) is 0. The molecule has 27 heavy (non-hydrogen) atoms. The van der Waals surface area contributed by atoms with E-state index in [9.17, 15) is 9.59 Å². The van der Waals surface area contributed by atoms with Crippen LogP contribution in [0.3, 0.4) is 0 Å². The maximum Gasteiger partial charge on any atom is 0.310 e. The summed E-state index contributed by atoms with van der Waals surface area (Å²) in [6.07, 6.45) is 0.0390. The summed E-state index contributed by atoms with van der Waals surface area (Å²) in [5.74, 6) is -1.02. The van der Waals surface area contributed by atoms with E-state index in [1.54, 1.807) is 30.3 Å². The molecule has 140 valence electrons. The Morgan fingerprint density at radius 3 is 2.33 bits per heavy atom. The summed E-state index contributed by atoms with van der Waals surface area (Å²) in [7, 11) is 0. The average Bonchev–Trinajstić information content (AvgIpc) is 2.65. The average molecular weight is 405 g/mol. The third-order valence-electron chi connectivity index (χ3n) is 3.83. The molecule has 0 aliphatic carbocycles. The maximum absolute atomic E-state index is 12.5. The predicted molar refractivity (Wildman–Crippen MR) is 105 cm³/mol. The van der Waals surface area contributed by atoms with Gasteiger partial charge in [0, 0.05) is 27.8 Å². The lowest BCUT2D eigenvalue weighted by Gasteiger charge is -2.22. The van der Waals surface area contributed by atoms with Gasteiger partial charge in [-0.2, -0.15) is 5.26 Å². The minimum atomic E-state index is -0.609. The van der Waals surface area contributed by atoms with Crippen molar-refractivity contribution < 1.29 is 14.3 Å². The Kier molecular flexibility index (Phi) is 7.66. The summed E-state index contributed by atoms with van der Waals surface area (Å²) in [5, 5.41) is 9.55. The van der Waals surface area contributed by atoms with Crippen LogP contribution in [0.25, 0.3) is 0 Å². The molecule has 0 aliphatic heterocycles. The van der Waals surface area contributed by atoms with E-state index in [0.29, 0.717) is 21.3 Å². The molecular formula is C20H18Cl2N2O3. The van der Waals surface area contributed by atoms with Crippen molar-refractivity contribution in [2.75, 3.05) is 18.1 Å². The van der Waals surface area contributed by atoms with Gasteiger partial charge in [-0.3, -0.25) is 9.59 Å². The molecular weight excluding hydrogens is 387 g/mol. The number of anilines is 1. The van der Waals surface area contributed by atoms with Gasteiger partial charge >= 0.3 is 5.97 Å². The van der Waals surface area contributed by atoms with Crippen molar-refractivity contribution in [2.24, 2.45) is 0 Å². The molecule has 7 heteroatoms. The molecule has 0 radical (unpaired) electrons.